The van der Waals surface area contributed by atoms with Crippen molar-refractivity contribution in [1.82, 2.24) is 5.32 Å². The Kier molecular flexibility index (Phi) is 10.2. The van der Waals surface area contributed by atoms with Crippen LogP contribution in [0.2, 0.25) is 5.02 Å². The van der Waals surface area contributed by atoms with Crippen molar-refractivity contribution in [3.63, 3.8) is 0 Å². The van der Waals surface area contributed by atoms with E-state index in [1.807, 2.05) is 31.2 Å². The van der Waals surface area contributed by atoms with Gasteiger partial charge in [-0.25, -0.2) is 4.79 Å². The molecule has 2 rings (SSSR count). The summed E-state index contributed by atoms with van der Waals surface area (Å²) in [6.45, 7) is 2.12. The van der Waals surface area contributed by atoms with Crippen molar-refractivity contribution in [1.29, 1.82) is 0 Å². The van der Waals surface area contributed by atoms with Crippen LogP contribution in [-0.4, -0.2) is 35.4 Å². The first kappa shape index (κ1) is 23.0. The summed E-state index contributed by atoms with van der Waals surface area (Å²) < 4.78 is 5.11. The third-order valence-corrected chi connectivity index (χ3v) is 3.96. The average Bonchev–Trinajstić information content (AvgIpc) is 2.59. The second-order valence-corrected chi connectivity index (χ2v) is 6.35. The van der Waals surface area contributed by atoms with Crippen LogP contribution in [0.15, 0.2) is 48.5 Å². The Labute approximate surface area is 180 Å². The first-order valence-corrected chi connectivity index (χ1v) is 8.42. The van der Waals surface area contributed by atoms with E-state index in [2.05, 4.69) is 5.32 Å². The molecule has 26 heavy (non-hydrogen) atoms. The summed E-state index contributed by atoms with van der Waals surface area (Å²) in [5.41, 5.74) is 1.88. The number of carboxylic acid groups (broad SMARTS) is 1. The molecular weight excluding hydrogens is 365 g/mol. The van der Waals surface area contributed by atoms with E-state index < -0.39 is 12.1 Å². The number of ether oxygens (including phenoxy) is 1. The normalized spacial score (nSPS) is 12.7. The Morgan fingerprint density at radius 2 is 1.92 bits per heavy atom. The van der Waals surface area contributed by atoms with E-state index in [9.17, 15) is 9.90 Å². The molecule has 5 nitrogen and oxygen atoms in total. The number of rotatable bonds is 9. The molecule has 0 heterocycles. The molecule has 0 radical (unpaired) electrons. The van der Waals surface area contributed by atoms with Gasteiger partial charge >= 0.3 is 35.5 Å². The molecule has 0 saturated carbocycles. The van der Waals surface area contributed by atoms with Crippen LogP contribution in [0, 0.1) is 0 Å². The number of aliphatic hydroxyl groups is 1. The summed E-state index contributed by atoms with van der Waals surface area (Å²) in [6.07, 6.45) is 0.162. The van der Waals surface area contributed by atoms with Crippen molar-refractivity contribution in [3.05, 3.63) is 64.7 Å². The van der Waals surface area contributed by atoms with Crippen molar-refractivity contribution < 1.29 is 49.3 Å². The number of halogens is 1. The maximum Gasteiger partial charge on any atom is 1.00 e. The minimum absolute atomic E-state index is 0. The molecule has 0 aliphatic carbocycles. The van der Waals surface area contributed by atoms with Gasteiger partial charge in [0.05, 0.1) is 6.10 Å². The minimum atomic E-state index is -1.000. The Hall–Kier alpha value is -1.08. The first-order valence-electron chi connectivity index (χ1n) is 8.04. The molecular formula is C19H22ClNNaO4+. The number of carboxylic acids is 1. The summed E-state index contributed by atoms with van der Waals surface area (Å²) in [5.74, 6) is -0.469. The zero-order valence-electron chi connectivity index (χ0n) is 15.0. The molecule has 0 aliphatic heterocycles. The van der Waals surface area contributed by atoms with E-state index in [0.717, 1.165) is 17.5 Å². The van der Waals surface area contributed by atoms with Crippen LogP contribution in [-0.2, 0) is 11.2 Å². The van der Waals surface area contributed by atoms with E-state index in [-0.39, 0.29) is 42.2 Å². The molecule has 0 saturated heterocycles. The van der Waals surface area contributed by atoms with Crippen LogP contribution in [0.1, 0.15) is 24.2 Å². The maximum absolute atomic E-state index is 10.5. The van der Waals surface area contributed by atoms with E-state index in [1.54, 1.807) is 24.3 Å². The second kappa shape index (κ2) is 11.6. The van der Waals surface area contributed by atoms with E-state index in [1.165, 1.54) is 0 Å². The van der Waals surface area contributed by atoms with Crippen molar-refractivity contribution in [3.8, 4) is 5.75 Å². The first-order chi connectivity index (χ1) is 11.9. The third kappa shape index (κ3) is 8.08. The van der Waals surface area contributed by atoms with Gasteiger partial charge in [0.2, 0.25) is 0 Å². The Morgan fingerprint density at radius 3 is 2.54 bits per heavy atom. The molecule has 0 fully saturated rings. The van der Waals surface area contributed by atoms with Crippen LogP contribution in [0.5, 0.6) is 5.75 Å². The molecule has 0 amide bonds. The Balaban J connectivity index is 0.00000338. The van der Waals surface area contributed by atoms with Gasteiger partial charge in [-0.05, 0) is 48.7 Å². The largest absolute Gasteiger partial charge is 1.00 e. The van der Waals surface area contributed by atoms with E-state index in [0.29, 0.717) is 17.3 Å². The van der Waals surface area contributed by atoms with Gasteiger partial charge in [0.15, 0.2) is 6.61 Å². The molecule has 2 atom stereocenters. The van der Waals surface area contributed by atoms with Crippen molar-refractivity contribution in [2.24, 2.45) is 0 Å². The fourth-order valence-corrected chi connectivity index (χ4v) is 2.64. The molecule has 0 spiro atoms. The van der Waals surface area contributed by atoms with Crippen molar-refractivity contribution in [2.45, 2.75) is 25.5 Å². The zero-order chi connectivity index (χ0) is 18.2. The van der Waals surface area contributed by atoms with E-state index >= 15 is 0 Å². The summed E-state index contributed by atoms with van der Waals surface area (Å²) in [4.78, 5) is 10.5. The molecule has 0 bridgehead atoms. The predicted octanol–water partition coefficient (Wildman–Crippen LogP) is 0.0616. The SMILES string of the molecule is C[C@H](Cc1ccc(OCC(=O)O)cc1)NC[C@H](O)c1cccc(Cl)c1.[Na+]. The average molecular weight is 387 g/mol. The van der Waals surface area contributed by atoms with Crippen LogP contribution < -0.4 is 39.6 Å². The quantitative estimate of drug-likeness (QED) is 0.531. The maximum atomic E-state index is 10.5. The van der Waals surface area contributed by atoms with Gasteiger partial charge in [0, 0.05) is 17.6 Å². The molecule has 134 valence electrons. The van der Waals surface area contributed by atoms with Crippen molar-refractivity contribution in [2.75, 3.05) is 13.2 Å². The van der Waals surface area contributed by atoms with Gasteiger partial charge in [0.1, 0.15) is 5.75 Å². The standard InChI is InChI=1S/C19H22ClNO4.Na/c1-13(21-11-18(22)15-3-2-4-16(20)10-15)9-14-5-7-17(8-6-14)25-12-19(23)24;/h2-8,10,13,18,21-22H,9,11-12H2,1H3,(H,23,24);/q;+1/t13-,18+;/m1./s1. The molecule has 2 aromatic carbocycles. The Bertz CT molecular complexity index is 696. The molecule has 3 N–H and O–H groups in total. The summed E-state index contributed by atoms with van der Waals surface area (Å²) in [6, 6.07) is 14.7. The third-order valence-electron chi connectivity index (χ3n) is 3.72. The fourth-order valence-electron chi connectivity index (χ4n) is 2.44. The van der Waals surface area contributed by atoms with Gasteiger partial charge in [0.25, 0.3) is 0 Å². The minimum Gasteiger partial charge on any atom is -0.482 e. The number of aliphatic carboxylic acids is 1. The number of aliphatic hydroxyl groups excluding tert-OH is 1. The molecule has 0 aliphatic rings. The van der Waals surface area contributed by atoms with Gasteiger partial charge in [-0.1, -0.05) is 35.9 Å². The molecule has 0 aromatic heterocycles. The van der Waals surface area contributed by atoms with Gasteiger partial charge in [-0.15, -0.1) is 0 Å². The van der Waals surface area contributed by atoms with Gasteiger partial charge in [-0.2, -0.15) is 0 Å². The van der Waals surface area contributed by atoms with E-state index in [4.69, 9.17) is 21.4 Å². The van der Waals surface area contributed by atoms with Crippen LogP contribution >= 0.6 is 11.6 Å². The van der Waals surface area contributed by atoms with Gasteiger partial charge < -0.3 is 20.3 Å². The summed E-state index contributed by atoms with van der Waals surface area (Å²) in [5, 5.41) is 22.7. The number of hydrogen-bond acceptors (Lipinski definition) is 4. The zero-order valence-corrected chi connectivity index (χ0v) is 17.7. The number of nitrogens with one attached hydrogen (secondary N) is 1. The van der Waals surface area contributed by atoms with Crippen LogP contribution in [0.4, 0.5) is 0 Å². The van der Waals surface area contributed by atoms with Crippen molar-refractivity contribution >= 4 is 17.6 Å². The fraction of sp³-hybridized carbons (Fsp3) is 0.316. The second-order valence-electron chi connectivity index (χ2n) is 5.91. The molecule has 7 heteroatoms. The molecule has 0 unspecified atom stereocenters. The summed E-state index contributed by atoms with van der Waals surface area (Å²) >= 11 is 5.94. The van der Waals surface area contributed by atoms with Gasteiger partial charge in [-0.3, -0.25) is 0 Å². The Morgan fingerprint density at radius 1 is 1.23 bits per heavy atom. The van der Waals surface area contributed by atoms with Crippen LogP contribution in [0.3, 0.4) is 0 Å². The smallest absolute Gasteiger partial charge is 0.482 e. The predicted molar refractivity (Wildman–Crippen MR) is 97.2 cm³/mol. The monoisotopic (exact) mass is 386 g/mol. The number of carbonyl (C=O) groups is 1. The van der Waals surface area contributed by atoms with Crippen LogP contribution in [0.25, 0.3) is 0 Å². The summed E-state index contributed by atoms with van der Waals surface area (Å²) in [7, 11) is 0. The number of benzene rings is 2. The number of hydrogen-bond donors (Lipinski definition) is 3. The topological polar surface area (TPSA) is 78.8 Å². The molecule has 2 aromatic rings.